The number of rotatable bonds is 16. The normalized spacial score (nSPS) is 10.7. The van der Waals surface area contributed by atoms with Crippen LogP contribution in [0.5, 0.6) is 23.0 Å². The van der Waals surface area contributed by atoms with Gasteiger partial charge in [-0.3, -0.25) is 9.59 Å². The lowest BCUT2D eigenvalue weighted by atomic mass is 9.84. The average molecular weight is 769 g/mol. The lowest BCUT2D eigenvalue weighted by molar-refractivity contribution is -0.159. The first-order chi connectivity index (χ1) is 27.0. The van der Waals surface area contributed by atoms with Gasteiger partial charge in [-0.25, -0.2) is 9.59 Å². The van der Waals surface area contributed by atoms with Gasteiger partial charge in [-0.15, -0.1) is 0 Å². The van der Waals surface area contributed by atoms with Gasteiger partial charge >= 0.3 is 23.9 Å². The molecule has 0 saturated heterocycles. The van der Waals surface area contributed by atoms with Crippen molar-refractivity contribution in [1.82, 2.24) is 0 Å². The van der Waals surface area contributed by atoms with Gasteiger partial charge in [0.15, 0.2) is 5.92 Å². The molecule has 0 N–H and O–H groups in total. The maximum Gasteiger partial charge on any atom is 0.345 e. The van der Waals surface area contributed by atoms with Gasteiger partial charge in [0.25, 0.3) is 0 Å². The maximum atomic E-state index is 12.3. The van der Waals surface area contributed by atoms with E-state index >= 15 is 0 Å². The van der Waals surface area contributed by atoms with Gasteiger partial charge in [-0.1, -0.05) is 60.2 Å². The monoisotopic (exact) mass is 768 g/mol. The number of benzene rings is 4. The van der Waals surface area contributed by atoms with E-state index < -0.39 is 35.7 Å². The van der Waals surface area contributed by atoms with E-state index in [9.17, 15) is 19.2 Å². The van der Waals surface area contributed by atoms with E-state index in [1.54, 1.807) is 38.5 Å². The molecule has 0 bridgehead atoms. The summed E-state index contributed by atoms with van der Waals surface area (Å²) in [4.78, 5) is 47.9. The van der Waals surface area contributed by atoms with Crippen LogP contribution in [0.15, 0.2) is 114 Å². The van der Waals surface area contributed by atoms with Crippen molar-refractivity contribution >= 4 is 30.0 Å². The van der Waals surface area contributed by atoms with Gasteiger partial charge in [-0.05, 0) is 90.7 Å². The lowest BCUT2D eigenvalue weighted by Gasteiger charge is -2.22. The minimum atomic E-state index is -1.08. The van der Waals surface area contributed by atoms with E-state index in [0.29, 0.717) is 30.3 Å². The van der Waals surface area contributed by atoms with Crippen molar-refractivity contribution in [3.05, 3.63) is 137 Å². The summed E-state index contributed by atoms with van der Waals surface area (Å²) in [5.74, 6) is -1.51. The second kappa shape index (κ2) is 22.6. The van der Waals surface area contributed by atoms with Crippen molar-refractivity contribution in [1.29, 1.82) is 0 Å². The van der Waals surface area contributed by atoms with Crippen LogP contribution in [-0.4, -0.2) is 66.5 Å². The number of esters is 4. The summed E-state index contributed by atoms with van der Waals surface area (Å²) < 4.78 is 40.9. The molecule has 4 aromatic carbocycles. The van der Waals surface area contributed by atoms with Gasteiger partial charge in [0, 0.05) is 5.92 Å². The Morgan fingerprint density at radius 1 is 0.554 bits per heavy atom. The number of hydrogen-bond donors (Lipinski definition) is 0. The van der Waals surface area contributed by atoms with Crippen molar-refractivity contribution in [3.8, 4) is 23.0 Å². The smallest absolute Gasteiger partial charge is 0.345 e. The second-order valence-corrected chi connectivity index (χ2v) is 12.3. The Morgan fingerprint density at radius 2 is 1.00 bits per heavy atom. The molecule has 4 aromatic rings. The largest absolute Gasteiger partial charge is 0.497 e. The lowest BCUT2D eigenvalue weighted by Crippen LogP contribution is -2.31. The van der Waals surface area contributed by atoms with E-state index in [1.165, 1.54) is 34.5 Å². The van der Waals surface area contributed by atoms with E-state index in [0.717, 1.165) is 33.8 Å². The first-order valence-corrected chi connectivity index (χ1v) is 17.4. The van der Waals surface area contributed by atoms with Crippen LogP contribution in [0.1, 0.15) is 42.0 Å². The van der Waals surface area contributed by atoms with E-state index in [1.807, 2.05) is 92.7 Å². The van der Waals surface area contributed by atoms with Crippen LogP contribution in [0, 0.1) is 5.92 Å². The fourth-order valence-electron chi connectivity index (χ4n) is 5.28. The predicted molar refractivity (Wildman–Crippen MR) is 209 cm³/mol. The predicted octanol–water partition coefficient (Wildman–Crippen LogP) is 7.29. The summed E-state index contributed by atoms with van der Waals surface area (Å²) in [6.45, 7) is 4.59. The second-order valence-electron chi connectivity index (χ2n) is 12.3. The highest BCUT2D eigenvalue weighted by Gasteiger charge is 2.36. The molecule has 0 radical (unpaired) electrons. The van der Waals surface area contributed by atoms with Gasteiger partial charge < -0.3 is 37.9 Å². The van der Waals surface area contributed by atoms with Gasteiger partial charge in [0.2, 0.25) is 0 Å². The molecule has 12 heteroatoms. The van der Waals surface area contributed by atoms with Crippen molar-refractivity contribution in [2.24, 2.45) is 5.92 Å². The highest BCUT2D eigenvalue weighted by molar-refractivity contribution is 6.17. The van der Waals surface area contributed by atoms with Gasteiger partial charge in [0.1, 0.15) is 41.8 Å². The molecule has 0 spiro atoms. The molecule has 0 fully saturated rings. The topological polar surface area (TPSA) is 142 Å². The highest BCUT2D eigenvalue weighted by atomic mass is 16.6. The molecule has 0 aliphatic carbocycles. The Morgan fingerprint density at radius 3 is 1.39 bits per heavy atom. The van der Waals surface area contributed by atoms with Crippen LogP contribution in [0.2, 0.25) is 0 Å². The fourth-order valence-corrected chi connectivity index (χ4v) is 5.28. The van der Waals surface area contributed by atoms with Gasteiger partial charge in [0.05, 0.1) is 42.7 Å². The number of ether oxygens (including phenoxy) is 8. The van der Waals surface area contributed by atoms with E-state index in [4.69, 9.17) is 28.4 Å². The minimum absolute atomic E-state index is 0.181. The molecule has 1 atom stereocenters. The zero-order chi connectivity index (χ0) is 41.0. The highest BCUT2D eigenvalue weighted by Crippen LogP contribution is 2.31. The third-order valence-corrected chi connectivity index (χ3v) is 8.13. The molecule has 0 aromatic heterocycles. The number of carbonyl (C=O) groups is 4. The summed E-state index contributed by atoms with van der Waals surface area (Å²) >= 11 is 0. The molecule has 56 heavy (non-hydrogen) atoms. The van der Waals surface area contributed by atoms with Crippen molar-refractivity contribution in [2.45, 2.75) is 33.0 Å². The summed E-state index contributed by atoms with van der Waals surface area (Å²) in [6.07, 6.45) is 3.27. The Labute approximate surface area is 327 Å². The van der Waals surface area contributed by atoms with Crippen molar-refractivity contribution < 1.29 is 57.1 Å². The molecule has 1 unspecified atom stereocenters. The molecule has 0 aliphatic rings. The third-order valence-electron chi connectivity index (χ3n) is 8.13. The SMILES string of the molecule is COC(=O)C(=Cc1ccc(OCc2cccc(OC)c2)cc1)C(=O)OC.COC(=O)C(C(=O)OC)C(C=C(C)C)c1ccc(OCc2cccc(OC)c2)cc1. The Bertz CT molecular complexity index is 1920. The molecular weight excluding hydrogens is 720 g/mol. The number of hydrogen-bond acceptors (Lipinski definition) is 12. The molecule has 0 amide bonds. The molecular formula is C44H48O12. The number of carbonyl (C=O) groups excluding carboxylic acids is 4. The zero-order valence-electron chi connectivity index (χ0n) is 32.9. The van der Waals surface area contributed by atoms with Crippen LogP contribution in [0.25, 0.3) is 6.08 Å². The Hall–Kier alpha value is -6.56. The molecule has 0 heterocycles. The van der Waals surface area contributed by atoms with Gasteiger partial charge in [-0.2, -0.15) is 0 Å². The summed E-state index contributed by atoms with van der Waals surface area (Å²) in [5.41, 5.74) is 4.18. The Kier molecular flexibility index (Phi) is 17.7. The first-order valence-electron chi connectivity index (χ1n) is 17.4. The van der Waals surface area contributed by atoms with Crippen molar-refractivity contribution in [3.63, 3.8) is 0 Å². The van der Waals surface area contributed by atoms with Crippen LogP contribution in [0.4, 0.5) is 0 Å². The maximum absolute atomic E-state index is 12.3. The van der Waals surface area contributed by atoms with Crippen LogP contribution < -0.4 is 18.9 Å². The van der Waals surface area contributed by atoms with Crippen LogP contribution in [0.3, 0.4) is 0 Å². The molecule has 296 valence electrons. The quantitative estimate of drug-likeness (QED) is 0.0282. The summed E-state index contributed by atoms with van der Waals surface area (Å²) in [5, 5.41) is 0. The fraction of sp³-hybridized carbons (Fsp3) is 0.273. The average Bonchev–Trinajstić information content (AvgIpc) is 3.23. The molecule has 0 saturated carbocycles. The molecule has 12 nitrogen and oxygen atoms in total. The minimum Gasteiger partial charge on any atom is -0.497 e. The molecule has 0 aliphatic heterocycles. The zero-order valence-corrected chi connectivity index (χ0v) is 32.9. The number of methoxy groups -OCH3 is 6. The first kappa shape index (κ1) is 43.8. The summed E-state index contributed by atoms with van der Waals surface area (Å²) in [7, 11) is 8.16. The van der Waals surface area contributed by atoms with Crippen LogP contribution in [-0.2, 0) is 51.3 Å². The standard InChI is InChI=1S/C24H28O6.C20H20O6/c1-16(2)13-21(22(23(25)28-4)24(26)29-5)18-9-11-19(12-10-18)30-15-17-7-6-8-20(14-17)27-3;1-23-17-6-4-5-15(11-17)13-26-16-9-7-14(8-10-16)12-18(19(21)24-2)20(22)25-3/h6-14,21-22H,15H2,1-5H3;4-12H,13H2,1-3H3. The third kappa shape index (κ3) is 13.4. The Balaban J connectivity index is 0.000000303. The number of allylic oxidation sites excluding steroid dienone is 2. The van der Waals surface area contributed by atoms with Crippen LogP contribution >= 0.6 is 0 Å². The molecule has 4 rings (SSSR count). The van der Waals surface area contributed by atoms with E-state index in [2.05, 4.69) is 9.47 Å². The van der Waals surface area contributed by atoms with E-state index in [-0.39, 0.29) is 5.57 Å². The van der Waals surface area contributed by atoms with Crippen molar-refractivity contribution in [2.75, 3.05) is 42.7 Å². The summed E-state index contributed by atoms with van der Waals surface area (Å²) in [6, 6.07) is 29.5.